The summed E-state index contributed by atoms with van der Waals surface area (Å²) in [6.07, 6.45) is 8.82. The van der Waals surface area contributed by atoms with Gasteiger partial charge in [-0.2, -0.15) is 0 Å². The van der Waals surface area contributed by atoms with E-state index in [1.54, 1.807) is 0 Å². The first-order valence-electron chi connectivity index (χ1n) is 6.48. The highest BCUT2D eigenvalue weighted by Gasteiger charge is 2.10. The molecule has 0 aliphatic heterocycles. The zero-order valence-electron chi connectivity index (χ0n) is 10.4. The largest absolute Gasteiger partial charge is 0.119 e. The fourth-order valence-corrected chi connectivity index (χ4v) is 2.56. The Hall–Kier alpha value is -2.00. The van der Waals surface area contributed by atoms with Crippen molar-refractivity contribution in [1.82, 2.24) is 0 Å². The third kappa shape index (κ3) is 2.17. The van der Waals surface area contributed by atoms with Crippen LogP contribution in [0.2, 0.25) is 0 Å². The summed E-state index contributed by atoms with van der Waals surface area (Å²) in [5.41, 5.74) is 5.37. The van der Waals surface area contributed by atoms with Crippen LogP contribution in [0.5, 0.6) is 0 Å². The topological polar surface area (TPSA) is 0 Å². The van der Waals surface area contributed by atoms with Crippen LogP contribution >= 0.6 is 0 Å². The molecule has 4 aliphatic carbocycles. The van der Waals surface area contributed by atoms with Crippen molar-refractivity contribution in [3.05, 3.63) is 70.8 Å². The number of aryl methyl sites for hydroxylation is 2. The van der Waals surface area contributed by atoms with Crippen LogP contribution in [-0.2, 0) is 19.3 Å². The molecule has 4 aliphatic rings. The molecule has 0 heteroatoms. The second-order valence-electron chi connectivity index (χ2n) is 4.98. The number of hydrogen-bond acceptors (Lipinski definition) is 0. The van der Waals surface area contributed by atoms with E-state index < -0.39 is 0 Å². The van der Waals surface area contributed by atoms with Crippen molar-refractivity contribution in [3.63, 3.8) is 0 Å². The normalized spacial score (nSPS) is 17.8. The standard InChI is InChI=1S/C18H16/c1-2-17-13-16-7-5-14(6-8-16)3-4-15-9-11-18(17)12-10-15/h1,5-12,17H,3-4,13H2. The van der Waals surface area contributed by atoms with Gasteiger partial charge in [-0.1, -0.05) is 54.5 Å². The minimum atomic E-state index is 0.185. The molecule has 0 amide bonds. The Balaban J connectivity index is 2.05. The minimum Gasteiger partial charge on any atom is -0.119 e. The number of terminal acetylenes is 1. The zero-order valence-corrected chi connectivity index (χ0v) is 10.4. The van der Waals surface area contributed by atoms with E-state index >= 15 is 0 Å². The monoisotopic (exact) mass is 232 g/mol. The van der Waals surface area contributed by atoms with Crippen molar-refractivity contribution >= 4 is 0 Å². The van der Waals surface area contributed by atoms with E-state index in [-0.39, 0.29) is 5.92 Å². The highest BCUT2D eigenvalue weighted by Crippen LogP contribution is 2.23. The molecule has 0 heterocycles. The fraction of sp³-hybridized carbons (Fsp3) is 0.222. The van der Waals surface area contributed by atoms with E-state index in [0.717, 1.165) is 19.3 Å². The van der Waals surface area contributed by atoms with E-state index in [0.29, 0.717) is 0 Å². The van der Waals surface area contributed by atoms with Gasteiger partial charge in [0.1, 0.15) is 0 Å². The molecule has 18 heavy (non-hydrogen) atoms. The molecule has 0 fully saturated rings. The lowest BCUT2D eigenvalue weighted by Gasteiger charge is -2.14. The second-order valence-corrected chi connectivity index (χ2v) is 4.98. The lowest BCUT2D eigenvalue weighted by atomic mass is 9.90. The van der Waals surface area contributed by atoms with Gasteiger partial charge in [-0.25, -0.2) is 0 Å². The lowest BCUT2D eigenvalue weighted by molar-refractivity contribution is 0.853. The quantitative estimate of drug-likeness (QED) is 0.607. The summed E-state index contributed by atoms with van der Waals surface area (Å²) < 4.78 is 0. The predicted octanol–water partition coefficient (Wildman–Crippen LogP) is 3.74. The molecular formula is C18H16. The SMILES string of the molecule is C#CC1Cc2ccc(cc2)CCc2ccc1cc2. The molecule has 1 unspecified atom stereocenters. The predicted molar refractivity (Wildman–Crippen MR) is 75.6 cm³/mol. The molecule has 0 saturated heterocycles. The molecule has 2 aromatic rings. The summed E-state index contributed by atoms with van der Waals surface area (Å²) in [5, 5.41) is 0. The summed E-state index contributed by atoms with van der Waals surface area (Å²) in [5.74, 6) is 3.10. The van der Waals surface area contributed by atoms with Crippen LogP contribution in [0.15, 0.2) is 48.5 Å². The molecule has 6 rings (SSSR count). The van der Waals surface area contributed by atoms with Gasteiger partial charge in [-0.3, -0.25) is 0 Å². The van der Waals surface area contributed by atoms with Crippen molar-refractivity contribution in [2.75, 3.05) is 0 Å². The Labute approximate surface area is 109 Å². The van der Waals surface area contributed by atoms with Crippen molar-refractivity contribution in [2.24, 2.45) is 0 Å². The average molecular weight is 232 g/mol. The fourth-order valence-electron chi connectivity index (χ4n) is 2.56. The van der Waals surface area contributed by atoms with Crippen molar-refractivity contribution < 1.29 is 0 Å². The maximum atomic E-state index is 5.68. The van der Waals surface area contributed by atoms with Gasteiger partial charge < -0.3 is 0 Å². The zero-order chi connectivity index (χ0) is 12.4. The van der Waals surface area contributed by atoms with Gasteiger partial charge in [0.05, 0.1) is 0 Å². The van der Waals surface area contributed by atoms with Crippen LogP contribution in [-0.4, -0.2) is 0 Å². The lowest BCUT2D eigenvalue weighted by Crippen LogP contribution is -2.03. The Morgan fingerprint density at radius 3 is 1.83 bits per heavy atom. The first kappa shape index (κ1) is 11.1. The van der Waals surface area contributed by atoms with E-state index in [9.17, 15) is 0 Å². The summed E-state index contributed by atoms with van der Waals surface area (Å²) in [6.45, 7) is 0. The summed E-state index contributed by atoms with van der Waals surface area (Å²) in [6, 6.07) is 17.7. The summed E-state index contributed by atoms with van der Waals surface area (Å²) >= 11 is 0. The molecule has 0 N–H and O–H groups in total. The smallest absolute Gasteiger partial charge is 0.0489 e. The van der Waals surface area contributed by atoms with Crippen LogP contribution in [0, 0.1) is 12.3 Å². The highest BCUT2D eigenvalue weighted by molar-refractivity contribution is 5.34. The van der Waals surface area contributed by atoms with Crippen LogP contribution in [0.25, 0.3) is 0 Å². The molecule has 1 atom stereocenters. The first-order valence-corrected chi connectivity index (χ1v) is 6.48. The average Bonchev–Trinajstić information content (AvgIpc) is 2.42. The van der Waals surface area contributed by atoms with Crippen LogP contribution in [0.3, 0.4) is 0 Å². The third-order valence-corrected chi connectivity index (χ3v) is 3.75. The van der Waals surface area contributed by atoms with Crippen LogP contribution in [0.1, 0.15) is 28.2 Å². The van der Waals surface area contributed by atoms with Gasteiger partial charge in [-0.15, -0.1) is 6.42 Å². The molecular weight excluding hydrogens is 216 g/mol. The van der Waals surface area contributed by atoms with Crippen molar-refractivity contribution in [2.45, 2.75) is 25.2 Å². The Bertz CT molecular complexity index is 567. The van der Waals surface area contributed by atoms with Crippen LogP contribution < -0.4 is 0 Å². The van der Waals surface area contributed by atoms with E-state index in [1.165, 1.54) is 22.3 Å². The maximum absolute atomic E-state index is 5.68. The molecule has 0 aromatic heterocycles. The van der Waals surface area contributed by atoms with Gasteiger partial charge in [0.15, 0.2) is 0 Å². The Morgan fingerprint density at radius 2 is 1.28 bits per heavy atom. The van der Waals surface area contributed by atoms with E-state index in [1.807, 2.05) is 0 Å². The molecule has 0 spiro atoms. The Kier molecular flexibility index (Phi) is 2.90. The second kappa shape index (κ2) is 4.70. The molecule has 0 nitrogen and oxygen atoms in total. The van der Waals surface area contributed by atoms with Crippen molar-refractivity contribution in [1.29, 1.82) is 0 Å². The van der Waals surface area contributed by atoms with Gasteiger partial charge in [-0.05, 0) is 41.5 Å². The third-order valence-electron chi connectivity index (χ3n) is 3.75. The first-order chi connectivity index (χ1) is 8.85. The highest BCUT2D eigenvalue weighted by atomic mass is 14.1. The summed E-state index contributed by atoms with van der Waals surface area (Å²) in [4.78, 5) is 0. The Morgan fingerprint density at radius 1 is 0.778 bits per heavy atom. The number of hydrogen-bond donors (Lipinski definition) is 0. The molecule has 4 bridgehead atoms. The van der Waals surface area contributed by atoms with Gasteiger partial charge in [0.2, 0.25) is 0 Å². The van der Waals surface area contributed by atoms with E-state index in [2.05, 4.69) is 54.5 Å². The minimum absolute atomic E-state index is 0.185. The molecule has 0 radical (unpaired) electrons. The number of benzene rings is 2. The van der Waals surface area contributed by atoms with E-state index in [4.69, 9.17) is 6.42 Å². The van der Waals surface area contributed by atoms with Gasteiger partial charge >= 0.3 is 0 Å². The van der Waals surface area contributed by atoms with Gasteiger partial charge in [0.25, 0.3) is 0 Å². The number of rotatable bonds is 0. The summed E-state index contributed by atoms with van der Waals surface area (Å²) in [7, 11) is 0. The molecule has 0 saturated carbocycles. The van der Waals surface area contributed by atoms with Crippen molar-refractivity contribution in [3.8, 4) is 12.3 Å². The molecule has 2 aromatic carbocycles. The van der Waals surface area contributed by atoms with Gasteiger partial charge in [0, 0.05) is 5.92 Å². The molecule has 88 valence electrons. The van der Waals surface area contributed by atoms with Crippen LogP contribution in [0.4, 0.5) is 0 Å². The maximum Gasteiger partial charge on any atom is 0.0489 e.